The van der Waals surface area contributed by atoms with Gasteiger partial charge in [0.15, 0.2) is 0 Å². The minimum atomic E-state index is 0. The van der Waals surface area contributed by atoms with Gasteiger partial charge in [0.05, 0.1) is 6.07 Å². The van der Waals surface area contributed by atoms with Gasteiger partial charge in [-0.1, -0.05) is 0 Å². The van der Waals surface area contributed by atoms with Crippen molar-refractivity contribution in [3.05, 3.63) is 0 Å². The Kier molecular flexibility index (Phi) is 45.9. The van der Waals surface area contributed by atoms with E-state index in [4.69, 9.17) is 10.00 Å². The highest BCUT2D eigenvalue weighted by Gasteiger charge is 1.64. The van der Waals surface area contributed by atoms with Crippen LogP contribution in [0.2, 0.25) is 0 Å². The van der Waals surface area contributed by atoms with Crippen LogP contribution in [-0.2, 0) is 4.74 Å². The Bertz CT molecular complexity index is 56.6. The minimum Gasteiger partial charge on any atom is -0.412 e. The Hall–Kier alpha value is -0.590. The van der Waals surface area contributed by atoms with Crippen LogP contribution in [0.4, 0.5) is 0 Å². The SMILES string of the molecule is CC#N.CCOCC.O. The summed E-state index contributed by atoms with van der Waals surface area (Å²) in [7, 11) is 0. The number of ether oxygens (including phenoxy) is 1. The number of hydrogen-bond acceptors (Lipinski definition) is 2. The average Bonchev–Trinajstić information content (AvgIpc) is 1.71. The van der Waals surface area contributed by atoms with Gasteiger partial charge in [0.25, 0.3) is 0 Å². The van der Waals surface area contributed by atoms with Crippen LogP contribution >= 0.6 is 0 Å². The highest BCUT2D eigenvalue weighted by molar-refractivity contribution is 4.51. The third-order valence-electron chi connectivity index (χ3n) is 0.408. The van der Waals surface area contributed by atoms with E-state index in [9.17, 15) is 0 Å². The Labute approximate surface area is 56.6 Å². The Morgan fingerprint density at radius 1 is 1.33 bits per heavy atom. The zero-order chi connectivity index (χ0) is 6.83. The van der Waals surface area contributed by atoms with Gasteiger partial charge < -0.3 is 10.2 Å². The summed E-state index contributed by atoms with van der Waals surface area (Å²) in [5.41, 5.74) is 0. The van der Waals surface area contributed by atoms with E-state index in [0.717, 1.165) is 13.2 Å². The van der Waals surface area contributed by atoms with E-state index in [1.165, 1.54) is 6.92 Å². The summed E-state index contributed by atoms with van der Waals surface area (Å²) in [4.78, 5) is 0. The van der Waals surface area contributed by atoms with Crippen LogP contribution in [0.1, 0.15) is 20.8 Å². The second kappa shape index (κ2) is 26.2. The molecule has 56 valence electrons. The van der Waals surface area contributed by atoms with Crippen LogP contribution in [0.5, 0.6) is 0 Å². The van der Waals surface area contributed by atoms with E-state index in [1.54, 1.807) is 6.07 Å². The van der Waals surface area contributed by atoms with E-state index in [-0.39, 0.29) is 5.48 Å². The highest BCUT2D eigenvalue weighted by Crippen LogP contribution is 1.64. The lowest BCUT2D eigenvalue weighted by molar-refractivity contribution is 0.162. The number of hydrogen-bond donors (Lipinski definition) is 0. The van der Waals surface area contributed by atoms with Gasteiger partial charge in [0, 0.05) is 20.1 Å². The van der Waals surface area contributed by atoms with E-state index < -0.39 is 0 Å². The van der Waals surface area contributed by atoms with Crippen molar-refractivity contribution >= 4 is 0 Å². The van der Waals surface area contributed by atoms with Crippen LogP contribution in [0, 0.1) is 11.3 Å². The Morgan fingerprint density at radius 2 is 1.56 bits per heavy atom. The molecule has 0 saturated carbocycles. The van der Waals surface area contributed by atoms with Gasteiger partial charge in [0.2, 0.25) is 0 Å². The highest BCUT2D eigenvalue weighted by atomic mass is 16.5. The quantitative estimate of drug-likeness (QED) is 0.557. The summed E-state index contributed by atoms with van der Waals surface area (Å²) < 4.78 is 4.83. The molecule has 0 atom stereocenters. The van der Waals surface area contributed by atoms with Crippen LogP contribution in [0.25, 0.3) is 0 Å². The first-order valence-electron chi connectivity index (χ1n) is 2.72. The van der Waals surface area contributed by atoms with Gasteiger partial charge in [-0.25, -0.2) is 0 Å². The fraction of sp³-hybridized carbons (Fsp3) is 0.833. The predicted octanol–water partition coefficient (Wildman–Crippen LogP) is 0.748. The Morgan fingerprint density at radius 3 is 1.56 bits per heavy atom. The van der Waals surface area contributed by atoms with Crippen molar-refractivity contribution in [3.8, 4) is 6.07 Å². The first kappa shape index (κ1) is 15.8. The molecule has 0 aromatic carbocycles. The molecule has 0 radical (unpaired) electrons. The molecule has 0 aliphatic rings. The molecule has 0 rings (SSSR count). The summed E-state index contributed by atoms with van der Waals surface area (Å²) in [6.07, 6.45) is 0. The summed E-state index contributed by atoms with van der Waals surface area (Å²) in [6, 6.07) is 1.75. The van der Waals surface area contributed by atoms with Crippen LogP contribution in [0.15, 0.2) is 0 Å². The largest absolute Gasteiger partial charge is 0.412 e. The molecule has 0 aliphatic carbocycles. The van der Waals surface area contributed by atoms with Crippen molar-refractivity contribution in [1.82, 2.24) is 0 Å². The number of nitriles is 1. The molecule has 2 N–H and O–H groups in total. The lowest BCUT2D eigenvalue weighted by Gasteiger charge is -1.86. The maximum Gasteiger partial charge on any atom is 0.0587 e. The van der Waals surface area contributed by atoms with Crippen molar-refractivity contribution in [3.63, 3.8) is 0 Å². The van der Waals surface area contributed by atoms with E-state index in [1.807, 2.05) is 13.8 Å². The molecule has 0 bridgehead atoms. The summed E-state index contributed by atoms with van der Waals surface area (Å²) in [5, 5.41) is 7.32. The molecular formula is C6H15NO2. The lowest BCUT2D eigenvalue weighted by atomic mass is 10.8. The molecule has 0 fully saturated rings. The van der Waals surface area contributed by atoms with Gasteiger partial charge >= 0.3 is 0 Å². The van der Waals surface area contributed by atoms with Gasteiger partial charge in [-0.3, -0.25) is 0 Å². The molecule has 0 spiro atoms. The number of nitrogens with zero attached hydrogens (tertiary/aromatic N) is 1. The van der Waals surface area contributed by atoms with Crippen molar-refractivity contribution < 1.29 is 10.2 Å². The second-order valence-corrected chi connectivity index (χ2v) is 1.01. The molecule has 0 amide bonds. The zero-order valence-electron chi connectivity index (χ0n) is 6.27. The molecule has 3 heteroatoms. The minimum absolute atomic E-state index is 0. The molecule has 9 heavy (non-hydrogen) atoms. The molecule has 0 aliphatic heterocycles. The molecular weight excluding hydrogens is 118 g/mol. The van der Waals surface area contributed by atoms with E-state index in [2.05, 4.69) is 0 Å². The van der Waals surface area contributed by atoms with Crippen LogP contribution < -0.4 is 0 Å². The van der Waals surface area contributed by atoms with Gasteiger partial charge in [-0.05, 0) is 13.8 Å². The third kappa shape index (κ3) is 109. The fourth-order valence-corrected chi connectivity index (χ4v) is 0.204. The summed E-state index contributed by atoms with van der Waals surface area (Å²) in [5.74, 6) is 0. The fourth-order valence-electron chi connectivity index (χ4n) is 0.204. The van der Waals surface area contributed by atoms with Crippen LogP contribution in [0.3, 0.4) is 0 Å². The second-order valence-electron chi connectivity index (χ2n) is 1.01. The van der Waals surface area contributed by atoms with Crippen molar-refractivity contribution in [2.75, 3.05) is 13.2 Å². The normalized spacial score (nSPS) is 5.56. The van der Waals surface area contributed by atoms with E-state index in [0.29, 0.717) is 0 Å². The van der Waals surface area contributed by atoms with E-state index >= 15 is 0 Å². The maximum atomic E-state index is 7.32. The number of rotatable bonds is 2. The topological polar surface area (TPSA) is 64.5 Å². The average molecular weight is 133 g/mol. The zero-order valence-corrected chi connectivity index (χ0v) is 6.27. The van der Waals surface area contributed by atoms with Crippen LogP contribution in [-0.4, -0.2) is 18.7 Å². The molecule has 0 unspecified atom stereocenters. The summed E-state index contributed by atoms with van der Waals surface area (Å²) >= 11 is 0. The van der Waals surface area contributed by atoms with Gasteiger partial charge in [0.1, 0.15) is 0 Å². The van der Waals surface area contributed by atoms with Gasteiger partial charge in [-0.2, -0.15) is 5.26 Å². The molecule has 3 nitrogen and oxygen atoms in total. The molecule has 0 heterocycles. The van der Waals surface area contributed by atoms with Crippen molar-refractivity contribution in [2.45, 2.75) is 20.8 Å². The monoisotopic (exact) mass is 133 g/mol. The standard InChI is InChI=1S/C4H10O.C2H3N.H2O/c1-3-5-4-2;1-2-3;/h3-4H2,1-2H3;1H3;1H2. The molecule has 0 saturated heterocycles. The maximum absolute atomic E-state index is 7.32. The predicted molar refractivity (Wildman–Crippen MR) is 37.1 cm³/mol. The smallest absolute Gasteiger partial charge is 0.0587 e. The first-order chi connectivity index (χ1) is 3.83. The van der Waals surface area contributed by atoms with Crippen molar-refractivity contribution in [1.29, 1.82) is 5.26 Å². The summed E-state index contributed by atoms with van der Waals surface area (Å²) in [6.45, 7) is 7.10. The first-order valence-corrected chi connectivity index (χ1v) is 2.72. The third-order valence-corrected chi connectivity index (χ3v) is 0.408. The lowest BCUT2D eigenvalue weighted by Crippen LogP contribution is -1.84. The molecule has 0 aromatic rings. The van der Waals surface area contributed by atoms with Gasteiger partial charge in [-0.15, -0.1) is 0 Å². The molecule has 0 aromatic heterocycles. The Balaban J connectivity index is -0.0000000800. The van der Waals surface area contributed by atoms with Crippen molar-refractivity contribution in [2.24, 2.45) is 0 Å².